The largest absolute Gasteiger partial charge is 0.343 e. The van der Waals surface area contributed by atoms with Gasteiger partial charge in [0.1, 0.15) is 0 Å². The summed E-state index contributed by atoms with van der Waals surface area (Å²) in [5, 5.41) is 8.47. The van der Waals surface area contributed by atoms with Gasteiger partial charge in [0.05, 0.1) is 11.7 Å². The molecule has 2 saturated carbocycles. The average Bonchev–Trinajstić information content (AvgIpc) is 3.49. The Kier molecular flexibility index (Phi) is 5.11. The Balaban J connectivity index is 1.29. The van der Waals surface area contributed by atoms with E-state index in [0.717, 1.165) is 57.3 Å². The molecule has 3 aliphatic rings. The molecule has 3 fully saturated rings. The summed E-state index contributed by atoms with van der Waals surface area (Å²) < 4.78 is 1.76. The van der Waals surface area contributed by atoms with Gasteiger partial charge in [-0.25, -0.2) is 4.68 Å². The molecule has 6 nitrogen and oxygen atoms in total. The molecule has 0 radical (unpaired) electrons. The number of nitrogens with one attached hydrogen (secondary N) is 1. The van der Waals surface area contributed by atoms with Crippen LogP contribution in [0.15, 0.2) is 16.9 Å². The van der Waals surface area contributed by atoms with Crippen LogP contribution in [0.5, 0.6) is 0 Å². The summed E-state index contributed by atoms with van der Waals surface area (Å²) >= 11 is 0. The van der Waals surface area contributed by atoms with E-state index in [1.54, 1.807) is 17.7 Å². The van der Waals surface area contributed by atoms with Gasteiger partial charge in [0.15, 0.2) is 0 Å². The first kappa shape index (κ1) is 17.7. The molecule has 0 unspecified atom stereocenters. The number of piperidine rings is 1. The molecule has 0 spiro atoms. The van der Waals surface area contributed by atoms with E-state index in [1.807, 2.05) is 11.0 Å². The minimum absolute atomic E-state index is 0.0439. The maximum atomic E-state index is 12.3. The second-order valence-corrected chi connectivity index (χ2v) is 8.27. The highest BCUT2D eigenvalue weighted by atomic mass is 16.2. The quantitative estimate of drug-likeness (QED) is 0.896. The summed E-state index contributed by atoms with van der Waals surface area (Å²) in [5.41, 5.74) is 1.14. The molecule has 1 N–H and O–H groups in total. The van der Waals surface area contributed by atoms with E-state index < -0.39 is 0 Å². The number of carbonyl (C=O) groups excluding carboxylic acids is 1. The van der Waals surface area contributed by atoms with Crippen molar-refractivity contribution in [2.75, 3.05) is 13.1 Å². The molecule has 4 rings (SSSR count). The molecule has 1 aromatic rings. The van der Waals surface area contributed by atoms with E-state index in [9.17, 15) is 9.59 Å². The lowest BCUT2D eigenvalue weighted by Crippen LogP contribution is -2.48. The van der Waals surface area contributed by atoms with Crippen molar-refractivity contribution in [2.24, 2.45) is 0 Å². The van der Waals surface area contributed by atoms with Gasteiger partial charge in [-0.2, -0.15) is 5.10 Å². The molecule has 2 aliphatic carbocycles. The highest BCUT2D eigenvalue weighted by Crippen LogP contribution is 2.38. The number of nitrogens with zero attached hydrogens (tertiary/aromatic N) is 3. The lowest BCUT2D eigenvalue weighted by molar-refractivity contribution is -0.129. The van der Waals surface area contributed by atoms with Crippen LogP contribution >= 0.6 is 0 Å². The Morgan fingerprint density at radius 1 is 1.00 bits per heavy atom. The number of aromatic nitrogens is 2. The zero-order chi connectivity index (χ0) is 18.1. The first-order chi connectivity index (χ1) is 12.6. The molecule has 26 heavy (non-hydrogen) atoms. The van der Waals surface area contributed by atoms with E-state index in [1.165, 1.54) is 12.8 Å². The third kappa shape index (κ3) is 4.00. The number of carbonyl (C=O) groups is 1. The summed E-state index contributed by atoms with van der Waals surface area (Å²) in [6.45, 7) is 3.40. The van der Waals surface area contributed by atoms with Gasteiger partial charge in [-0.1, -0.05) is 0 Å². The molecular formula is C20H30N4O2. The van der Waals surface area contributed by atoms with Crippen molar-refractivity contribution in [3.05, 3.63) is 28.2 Å². The van der Waals surface area contributed by atoms with Gasteiger partial charge >= 0.3 is 0 Å². The number of rotatable bonds is 4. The van der Waals surface area contributed by atoms with Gasteiger partial charge in [0, 0.05) is 44.1 Å². The fraction of sp³-hybridized carbons (Fsp3) is 0.750. The molecule has 1 aromatic heterocycles. The van der Waals surface area contributed by atoms with Crippen LogP contribution in [0.2, 0.25) is 0 Å². The summed E-state index contributed by atoms with van der Waals surface area (Å²) in [4.78, 5) is 25.6. The lowest BCUT2D eigenvalue weighted by atomic mass is 9.90. The average molecular weight is 358 g/mol. The third-order valence-corrected chi connectivity index (χ3v) is 6.30. The van der Waals surface area contributed by atoms with Crippen molar-refractivity contribution in [2.45, 2.75) is 82.3 Å². The van der Waals surface area contributed by atoms with Crippen molar-refractivity contribution in [3.8, 4) is 0 Å². The number of amides is 1. The van der Waals surface area contributed by atoms with E-state index in [2.05, 4.69) is 10.4 Å². The van der Waals surface area contributed by atoms with Crippen LogP contribution in [0.25, 0.3) is 0 Å². The molecule has 1 aliphatic heterocycles. The second-order valence-electron chi connectivity index (χ2n) is 8.27. The predicted octanol–water partition coefficient (Wildman–Crippen LogP) is 2.20. The molecule has 2 heterocycles. The summed E-state index contributed by atoms with van der Waals surface area (Å²) in [6.07, 6.45) is 8.75. The van der Waals surface area contributed by atoms with E-state index in [4.69, 9.17) is 0 Å². The topological polar surface area (TPSA) is 67.2 Å². The van der Waals surface area contributed by atoms with Gasteiger partial charge < -0.3 is 10.2 Å². The van der Waals surface area contributed by atoms with Gasteiger partial charge in [0.2, 0.25) is 5.91 Å². The molecule has 0 atom stereocenters. The molecule has 6 heteroatoms. The summed E-state index contributed by atoms with van der Waals surface area (Å²) in [7, 11) is 0. The summed E-state index contributed by atoms with van der Waals surface area (Å²) in [5.74, 6) is 0.774. The minimum atomic E-state index is 0.0439. The molecule has 142 valence electrons. The standard InChI is InChI=1S/C20H30N4O2/c1-14(25)23-12-10-17(11-13-23)21-16-4-6-18(7-5-16)24-20(26)9-8-19(22-24)15-2-3-15/h8-9,15-18,21H,2-7,10-13H2,1H3. The predicted molar refractivity (Wildman–Crippen MR) is 100 cm³/mol. The Hall–Kier alpha value is -1.69. The number of hydrogen-bond donors (Lipinski definition) is 1. The van der Waals surface area contributed by atoms with Crippen LogP contribution in [0.3, 0.4) is 0 Å². The molecule has 0 aromatic carbocycles. The Morgan fingerprint density at radius 2 is 1.65 bits per heavy atom. The van der Waals surface area contributed by atoms with Crippen LogP contribution in [0.4, 0.5) is 0 Å². The monoisotopic (exact) mass is 358 g/mol. The first-order valence-corrected chi connectivity index (χ1v) is 10.2. The zero-order valence-corrected chi connectivity index (χ0v) is 15.7. The third-order valence-electron chi connectivity index (χ3n) is 6.30. The number of hydrogen-bond acceptors (Lipinski definition) is 4. The van der Waals surface area contributed by atoms with Gasteiger partial charge in [0.25, 0.3) is 5.56 Å². The summed E-state index contributed by atoms with van der Waals surface area (Å²) in [6, 6.07) is 4.91. The number of likely N-dealkylation sites (tertiary alicyclic amines) is 1. The molecule has 0 bridgehead atoms. The van der Waals surface area contributed by atoms with E-state index in [0.29, 0.717) is 18.0 Å². The minimum Gasteiger partial charge on any atom is -0.343 e. The van der Waals surface area contributed by atoms with Crippen LogP contribution in [-0.4, -0.2) is 45.8 Å². The van der Waals surface area contributed by atoms with Crippen molar-refractivity contribution in [1.82, 2.24) is 20.0 Å². The maximum Gasteiger partial charge on any atom is 0.267 e. The Labute approximate surface area is 155 Å². The normalized spacial score (nSPS) is 27.5. The molecular weight excluding hydrogens is 328 g/mol. The SMILES string of the molecule is CC(=O)N1CCC(NC2CCC(n3nc(C4CC4)ccc3=O)CC2)CC1. The fourth-order valence-electron chi connectivity index (χ4n) is 4.48. The fourth-order valence-corrected chi connectivity index (χ4v) is 4.48. The van der Waals surface area contributed by atoms with Crippen molar-refractivity contribution < 1.29 is 4.79 Å². The Morgan fingerprint density at radius 3 is 2.27 bits per heavy atom. The Bertz CT molecular complexity index is 696. The van der Waals surface area contributed by atoms with Crippen molar-refractivity contribution in [1.29, 1.82) is 0 Å². The zero-order valence-electron chi connectivity index (χ0n) is 15.7. The van der Waals surface area contributed by atoms with Crippen molar-refractivity contribution >= 4 is 5.91 Å². The maximum absolute atomic E-state index is 12.3. The van der Waals surface area contributed by atoms with Crippen LogP contribution in [0.1, 0.15) is 75.9 Å². The van der Waals surface area contributed by atoms with Gasteiger partial charge in [-0.15, -0.1) is 0 Å². The van der Waals surface area contributed by atoms with Crippen LogP contribution in [-0.2, 0) is 4.79 Å². The highest BCUT2D eigenvalue weighted by molar-refractivity contribution is 5.73. The molecule has 1 amide bonds. The lowest BCUT2D eigenvalue weighted by Gasteiger charge is -2.36. The van der Waals surface area contributed by atoms with E-state index in [-0.39, 0.29) is 17.5 Å². The highest BCUT2D eigenvalue weighted by Gasteiger charge is 2.29. The van der Waals surface area contributed by atoms with Gasteiger partial charge in [-0.05, 0) is 57.4 Å². The molecule has 1 saturated heterocycles. The first-order valence-electron chi connectivity index (χ1n) is 10.2. The second kappa shape index (κ2) is 7.51. The van der Waals surface area contributed by atoms with Crippen LogP contribution < -0.4 is 10.9 Å². The van der Waals surface area contributed by atoms with Crippen LogP contribution in [0, 0.1) is 0 Å². The van der Waals surface area contributed by atoms with Gasteiger partial charge in [-0.3, -0.25) is 9.59 Å². The van der Waals surface area contributed by atoms with E-state index >= 15 is 0 Å². The van der Waals surface area contributed by atoms with Crippen molar-refractivity contribution in [3.63, 3.8) is 0 Å². The smallest absolute Gasteiger partial charge is 0.267 e.